The predicted molar refractivity (Wildman–Crippen MR) is 66.9 cm³/mol. The standard InChI is InChI=1S/C12H9ClFNOS/c13-9-5-11(17-7-9)12(16)15-6-8-3-1-2-4-10(8)14/h1-5,7H,6H2,(H,15,16). The minimum absolute atomic E-state index is 0.168. The molecule has 0 fully saturated rings. The second kappa shape index (κ2) is 5.29. The molecule has 88 valence electrons. The van der Waals surface area contributed by atoms with E-state index >= 15 is 0 Å². The lowest BCUT2D eigenvalue weighted by Crippen LogP contribution is -2.22. The number of carbonyl (C=O) groups excluding carboxylic acids is 1. The van der Waals surface area contributed by atoms with Crippen molar-refractivity contribution in [3.63, 3.8) is 0 Å². The van der Waals surface area contributed by atoms with Gasteiger partial charge in [-0.15, -0.1) is 11.3 Å². The molecule has 1 heterocycles. The van der Waals surface area contributed by atoms with E-state index < -0.39 is 0 Å². The van der Waals surface area contributed by atoms with Crippen molar-refractivity contribution in [3.05, 3.63) is 57.0 Å². The first kappa shape index (κ1) is 12.1. The van der Waals surface area contributed by atoms with Gasteiger partial charge in [0.2, 0.25) is 0 Å². The quantitative estimate of drug-likeness (QED) is 0.908. The summed E-state index contributed by atoms with van der Waals surface area (Å²) in [6.07, 6.45) is 0. The van der Waals surface area contributed by atoms with Crippen LogP contribution in [0.25, 0.3) is 0 Å². The van der Waals surface area contributed by atoms with Crippen LogP contribution < -0.4 is 5.32 Å². The summed E-state index contributed by atoms with van der Waals surface area (Å²) < 4.78 is 13.3. The lowest BCUT2D eigenvalue weighted by molar-refractivity contribution is 0.0954. The van der Waals surface area contributed by atoms with E-state index in [1.54, 1.807) is 29.6 Å². The third kappa shape index (κ3) is 3.05. The molecule has 2 rings (SSSR count). The summed E-state index contributed by atoms with van der Waals surface area (Å²) in [5.41, 5.74) is 0.462. The van der Waals surface area contributed by atoms with Crippen LogP contribution in [0.15, 0.2) is 35.7 Å². The average molecular weight is 270 g/mol. The summed E-state index contributed by atoms with van der Waals surface area (Å²) in [5, 5.41) is 4.86. The summed E-state index contributed by atoms with van der Waals surface area (Å²) in [6, 6.07) is 7.93. The Kier molecular flexibility index (Phi) is 3.76. The Bertz CT molecular complexity index is 541. The van der Waals surface area contributed by atoms with Crippen molar-refractivity contribution in [2.24, 2.45) is 0 Å². The van der Waals surface area contributed by atoms with Crippen LogP contribution in [0.3, 0.4) is 0 Å². The summed E-state index contributed by atoms with van der Waals surface area (Å²) in [6.45, 7) is 0.168. The molecule has 0 aliphatic heterocycles. The molecule has 17 heavy (non-hydrogen) atoms. The SMILES string of the molecule is O=C(NCc1ccccc1F)c1cc(Cl)cs1. The Hall–Kier alpha value is -1.39. The van der Waals surface area contributed by atoms with E-state index in [0.29, 0.717) is 15.5 Å². The monoisotopic (exact) mass is 269 g/mol. The molecule has 2 nitrogen and oxygen atoms in total. The summed E-state index contributed by atoms with van der Waals surface area (Å²) in [7, 11) is 0. The number of hydrogen-bond acceptors (Lipinski definition) is 2. The molecule has 2 aromatic rings. The molecular formula is C12H9ClFNOS. The van der Waals surface area contributed by atoms with Gasteiger partial charge in [-0.1, -0.05) is 29.8 Å². The Balaban J connectivity index is 1.99. The molecule has 0 atom stereocenters. The van der Waals surface area contributed by atoms with Crippen LogP contribution in [0.4, 0.5) is 4.39 Å². The highest BCUT2D eigenvalue weighted by atomic mass is 35.5. The van der Waals surface area contributed by atoms with E-state index in [0.717, 1.165) is 0 Å². The number of rotatable bonds is 3. The fourth-order valence-corrected chi connectivity index (χ4v) is 2.33. The Morgan fingerprint density at radius 3 is 2.82 bits per heavy atom. The molecule has 0 unspecified atom stereocenters. The van der Waals surface area contributed by atoms with Crippen LogP contribution in [0.2, 0.25) is 5.02 Å². The van der Waals surface area contributed by atoms with Gasteiger partial charge in [-0.25, -0.2) is 4.39 Å². The molecular weight excluding hydrogens is 261 g/mol. The molecule has 1 amide bonds. The molecule has 5 heteroatoms. The topological polar surface area (TPSA) is 29.1 Å². The molecule has 0 aliphatic carbocycles. The molecule has 0 bridgehead atoms. The Morgan fingerprint density at radius 1 is 1.41 bits per heavy atom. The third-order valence-corrected chi connectivity index (χ3v) is 3.47. The van der Waals surface area contributed by atoms with Gasteiger partial charge in [-0.05, 0) is 12.1 Å². The molecule has 0 saturated carbocycles. The van der Waals surface area contributed by atoms with E-state index in [4.69, 9.17) is 11.6 Å². The molecule has 0 aliphatic rings. The predicted octanol–water partition coefficient (Wildman–Crippen LogP) is 3.47. The summed E-state index contributed by atoms with van der Waals surface area (Å²) in [4.78, 5) is 12.2. The van der Waals surface area contributed by atoms with Gasteiger partial charge in [0.1, 0.15) is 5.82 Å². The number of hydrogen-bond donors (Lipinski definition) is 1. The fourth-order valence-electron chi connectivity index (χ4n) is 1.34. The van der Waals surface area contributed by atoms with Crippen molar-refractivity contribution in [1.82, 2.24) is 5.32 Å². The first-order valence-corrected chi connectivity index (χ1v) is 6.18. The van der Waals surface area contributed by atoms with Crippen molar-refractivity contribution in [3.8, 4) is 0 Å². The van der Waals surface area contributed by atoms with E-state index in [-0.39, 0.29) is 18.3 Å². The van der Waals surface area contributed by atoms with Crippen molar-refractivity contribution in [2.45, 2.75) is 6.54 Å². The lowest BCUT2D eigenvalue weighted by atomic mass is 10.2. The fraction of sp³-hybridized carbons (Fsp3) is 0.0833. The van der Waals surface area contributed by atoms with Crippen LogP contribution in [0, 0.1) is 5.82 Å². The number of amides is 1. The highest BCUT2D eigenvalue weighted by Gasteiger charge is 2.09. The van der Waals surface area contributed by atoms with Crippen molar-refractivity contribution >= 4 is 28.8 Å². The largest absolute Gasteiger partial charge is 0.347 e. The number of benzene rings is 1. The van der Waals surface area contributed by atoms with Crippen LogP contribution >= 0.6 is 22.9 Å². The van der Waals surface area contributed by atoms with Crippen molar-refractivity contribution in [1.29, 1.82) is 0 Å². The van der Waals surface area contributed by atoms with E-state index in [1.807, 2.05) is 0 Å². The van der Waals surface area contributed by atoms with Crippen LogP contribution in [0.1, 0.15) is 15.2 Å². The van der Waals surface area contributed by atoms with Crippen LogP contribution in [0.5, 0.6) is 0 Å². The Labute approximate surface area is 107 Å². The molecule has 0 radical (unpaired) electrons. The lowest BCUT2D eigenvalue weighted by Gasteiger charge is -2.04. The number of carbonyl (C=O) groups is 1. The summed E-state index contributed by atoms with van der Waals surface area (Å²) in [5.74, 6) is -0.567. The number of nitrogens with one attached hydrogen (secondary N) is 1. The molecule has 1 N–H and O–H groups in total. The minimum atomic E-state index is -0.322. The summed E-state index contributed by atoms with van der Waals surface area (Å²) >= 11 is 6.98. The average Bonchev–Trinajstić information content (AvgIpc) is 2.74. The Morgan fingerprint density at radius 2 is 2.18 bits per heavy atom. The normalized spacial score (nSPS) is 10.2. The maximum atomic E-state index is 13.3. The van der Waals surface area contributed by atoms with Gasteiger partial charge < -0.3 is 5.32 Å². The van der Waals surface area contributed by atoms with Gasteiger partial charge in [-0.3, -0.25) is 4.79 Å². The second-order valence-corrected chi connectivity index (χ2v) is 4.75. The van der Waals surface area contributed by atoms with Crippen LogP contribution in [-0.4, -0.2) is 5.91 Å². The first-order valence-electron chi connectivity index (χ1n) is 4.92. The van der Waals surface area contributed by atoms with E-state index in [9.17, 15) is 9.18 Å². The van der Waals surface area contributed by atoms with Gasteiger partial charge in [0.25, 0.3) is 5.91 Å². The van der Waals surface area contributed by atoms with E-state index in [1.165, 1.54) is 17.4 Å². The molecule has 0 saturated heterocycles. The minimum Gasteiger partial charge on any atom is -0.347 e. The zero-order chi connectivity index (χ0) is 12.3. The third-order valence-electron chi connectivity index (χ3n) is 2.19. The molecule has 1 aromatic carbocycles. The maximum Gasteiger partial charge on any atom is 0.261 e. The van der Waals surface area contributed by atoms with Gasteiger partial charge in [0, 0.05) is 17.5 Å². The first-order chi connectivity index (χ1) is 8.16. The number of halogens is 2. The van der Waals surface area contributed by atoms with Gasteiger partial charge in [0.05, 0.1) is 9.90 Å². The van der Waals surface area contributed by atoms with E-state index in [2.05, 4.69) is 5.32 Å². The van der Waals surface area contributed by atoms with Crippen LogP contribution in [-0.2, 0) is 6.54 Å². The van der Waals surface area contributed by atoms with Gasteiger partial charge >= 0.3 is 0 Å². The van der Waals surface area contributed by atoms with Gasteiger partial charge in [0.15, 0.2) is 0 Å². The molecule has 1 aromatic heterocycles. The molecule has 0 spiro atoms. The highest BCUT2D eigenvalue weighted by molar-refractivity contribution is 7.12. The smallest absolute Gasteiger partial charge is 0.261 e. The van der Waals surface area contributed by atoms with Crippen molar-refractivity contribution < 1.29 is 9.18 Å². The zero-order valence-electron chi connectivity index (χ0n) is 8.74. The van der Waals surface area contributed by atoms with Gasteiger partial charge in [-0.2, -0.15) is 0 Å². The zero-order valence-corrected chi connectivity index (χ0v) is 10.3. The highest BCUT2D eigenvalue weighted by Crippen LogP contribution is 2.19. The number of thiophene rings is 1. The second-order valence-electron chi connectivity index (χ2n) is 3.40. The maximum absolute atomic E-state index is 13.3. The van der Waals surface area contributed by atoms with Crippen molar-refractivity contribution in [2.75, 3.05) is 0 Å².